The molecule has 86 valence electrons. The molecule has 2 nitrogen and oxygen atoms in total. The molecule has 0 unspecified atom stereocenters. The number of methoxy groups -OCH3 is 1. The van der Waals surface area contributed by atoms with Crippen molar-refractivity contribution in [1.29, 1.82) is 0 Å². The van der Waals surface area contributed by atoms with E-state index in [1.165, 1.54) is 12.1 Å². The standard InChI is InChI=1S/C13H16FNO/c1-3-15(9-4-5-10-16-2)13-8-6-7-12(14)11-13/h6-8,11H,3,9-10H2,1-2H3. The molecule has 0 amide bonds. The van der Waals surface area contributed by atoms with E-state index in [0.717, 1.165) is 12.2 Å². The van der Waals surface area contributed by atoms with Crippen LogP contribution in [0.5, 0.6) is 0 Å². The SMILES string of the molecule is CCN(CC#CCOC)c1cccc(F)c1. The highest BCUT2D eigenvalue weighted by atomic mass is 19.1. The topological polar surface area (TPSA) is 12.5 Å². The molecule has 0 heterocycles. The Bertz CT molecular complexity index is 381. The maximum absolute atomic E-state index is 13.0. The number of anilines is 1. The van der Waals surface area contributed by atoms with Gasteiger partial charge in [0.15, 0.2) is 0 Å². The molecule has 0 aromatic heterocycles. The first kappa shape index (κ1) is 12.5. The Morgan fingerprint density at radius 2 is 2.19 bits per heavy atom. The first-order chi connectivity index (χ1) is 7.77. The lowest BCUT2D eigenvalue weighted by Crippen LogP contribution is -2.22. The summed E-state index contributed by atoms with van der Waals surface area (Å²) < 4.78 is 17.9. The zero-order valence-corrected chi connectivity index (χ0v) is 9.66. The molecule has 3 heteroatoms. The lowest BCUT2D eigenvalue weighted by Gasteiger charge is -2.20. The normalized spacial score (nSPS) is 9.44. The van der Waals surface area contributed by atoms with Crippen molar-refractivity contribution in [2.45, 2.75) is 6.92 Å². The summed E-state index contributed by atoms with van der Waals surface area (Å²) in [4.78, 5) is 2.01. The zero-order chi connectivity index (χ0) is 11.8. The van der Waals surface area contributed by atoms with Crippen molar-refractivity contribution in [3.8, 4) is 11.8 Å². The van der Waals surface area contributed by atoms with Crippen LogP contribution in [0.15, 0.2) is 24.3 Å². The summed E-state index contributed by atoms with van der Waals surface area (Å²) >= 11 is 0. The molecular formula is C13H16FNO. The Hall–Kier alpha value is -1.53. The molecule has 0 fully saturated rings. The van der Waals surface area contributed by atoms with Crippen LogP contribution in [0.2, 0.25) is 0 Å². The van der Waals surface area contributed by atoms with Gasteiger partial charge in [0.05, 0.1) is 6.54 Å². The summed E-state index contributed by atoms with van der Waals surface area (Å²) in [5, 5.41) is 0. The Morgan fingerprint density at radius 1 is 1.38 bits per heavy atom. The molecule has 0 saturated heterocycles. The van der Waals surface area contributed by atoms with Gasteiger partial charge in [-0.15, -0.1) is 0 Å². The molecular weight excluding hydrogens is 205 g/mol. The quantitative estimate of drug-likeness (QED) is 0.723. The molecule has 0 atom stereocenters. The maximum atomic E-state index is 13.0. The van der Waals surface area contributed by atoms with E-state index in [0.29, 0.717) is 13.2 Å². The van der Waals surface area contributed by atoms with Crippen molar-refractivity contribution in [3.63, 3.8) is 0 Å². The average molecular weight is 221 g/mol. The van der Waals surface area contributed by atoms with Gasteiger partial charge in [-0.3, -0.25) is 0 Å². The van der Waals surface area contributed by atoms with Gasteiger partial charge in [-0.05, 0) is 25.1 Å². The fourth-order valence-electron chi connectivity index (χ4n) is 1.33. The van der Waals surface area contributed by atoms with E-state index in [9.17, 15) is 4.39 Å². The van der Waals surface area contributed by atoms with Crippen molar-refractivity contribution in [2.24, 2.45) is 0 Å². The number of halogens is 1. The van der Waals surface area contributed by atoms with Gasteiger partial charge >= 0.3 is 0 Å². The number of hydrogen-bond donors (Lipinski definition) is 0. The molecule has 16 heavy (non-hydrogen) atoms. The van der Waals surface area contributed by atoms with E-state index >= 15 is 0 Å². The van der Waals surface area contributed by atoms with E-state index in [1.807, 2.05) is 17.9 Å². The Labute approximate surface area is 96.0 Å². The Balaban J connectivity index is 2.65. The Kier molecular flexibility index (Phi) is 5.38. The minimum Gasteiger partial charge on any atom is -0.372 e. The number of ether oxygens (including phenoxy) is 1. The van der Waals surface area contributed by atoms with E-state index < -0.39 is 0 Å². The number of benzene rings is 1. The number of rotatable bonds is 4. The minimum absolute atomic E-state index is 0.221. The highest BCUT2D eigenvalue weighted by molar-refractivity contribution is 5.47. The summed E-state index contributed by atoms with van der Waals surface area (Å²) in [7, 11) is 1.61. The van der Waals surface area contributed by atoms with Gasteiger partial charge in [-0.1, -0.05) is 17.9 Å². The lowest BCUT2D eigenvalue weighted by molar-refractivity contribution is 0.239. The smallest absolute Gasteiger partial charge is 0.125 e. The largest absolute Gasteiger partial charge is 0.372 e. The van der Waals surface area contributed by atoms with Gasteiger partial charge in [-0.2, -0.15) is 0 Å². The average Bonchev–Trinajstić information content (AvgIpc) is 2.29. The molecule has 1 aromatic carbocycles. The van der Waals surface area contributed by atoms with Crippen molar-refractivity contribution in [3.05, 3.63) is 30.1 Å². The molecule has 0 aliphatic heterocycles. The molecule has 1 rings (SSSR count). The second kappa shape index (κ2) is 6.86. The second-order valence-electron chi connectivity index (χ2n) is 3.28. The molecule has 0 aliphatic carbocycles. The van der Waals surface area contributed by atoms with Crippen LogP contribution < -0.4 is 4.90 Å². The molecule has 0 spiro atoms. The van der Waals surface area contributed by atoms with Gasteiger partial charge in [0.1, 0.15) is 12.4 Å². The van der Waals surface area contributed by atoms with Gasteiger partial charge in [0, 0.05) is 19.3 Å². The third-order valence-corrected chi connectivity index (χ3v) is 2.17. The number of nitrogens with zero attached hydrogens (tertiary/aromatic N) is 1. The predicted octanol–water partition coefficient (Wildman–Crippen LogP) is 2.30. The van der Waals surface area contributed by atoms with E-state index in [1.54, 1.807) is 13.2 Å². The first-order valence-corrected chi connectivity index (χ1v) is 5.23. The van der Waals surface area contributed by atoms with Crippen LogP contribution in [0.4, 0.5) is 10.1 Å². The van der Waals surface area contributed by atoms with Crippen molar-refractivity contribution in [2.75, 3.05) is 31.7 Å². The van der Waals surface area contributed by atoms with Crippen LogP contribution in [0.25, 0.3) is 0 Å². The molecule has 0 bridgehead atoms. The van der Waals surface area contributed by atoms with Gasteiger partial charge < -0.3 is 9.64 Å². The van der Waals surface area contributed by atoms with Gasteiger partial charge in [0.2, 0.25) is 0 Å². The summed E-state index contributed by atoms with van der Waals surface area (Å²) in [5.41, 5.74) is 0.856. The molecule has 0 saturated carbocycles. The van der Waals surface area contributed by atoms with Crippen molar-refractivity contribution in [1.82, 2.24) is 0 Å². The van der Waals surface area contributed by atoms with Crippen molar-refractivity contribution >= 4 is 5.69 Å². The number of hydrogen-bond acceptors (Lipinski definition) is 2. The summed E-state index contributed by atoms with van der Waals surface area (Å²) in [5.74, 6) is 5.64. The fraction of sp³-hybridized carbons (Fsp3) is 0.385. The van der Waals surface area contributed by atoms with Crippen LogP contribution in [0.1, 0.15) is 6.92 Å². The monoisotopic (exact) mass is 221 g/mol. The lowest BCUT2D eigenvalue weighted by atomic mass is 10.3. The molecule has 0 radical (unpaired) electrons. The third kappa shape index (κ3) is 3.92. The zero-order valence-electron chi connectivity index (χ0n) is 9.66. The highest BCUT2D eigenvalue weighted by Gasteiger charge is 2.02. The van der Waals surface area contributed by atoms with E-state index in [4.69, 9.17) is 4.74 Å². The summed E-state index contributed by atoms with van der Waals surface area (Å²) in [6.45, 7) is 3.83. The Morgan fingerprint density at radius 3 is 2.81 bits per heavy atom. The highest BCUT2D eigenvalue weighted by Crippen LogP contribution is 2.14. The van der Waals surface area contributed by atoms with E-state index in [2.05, 4.69) is 11.8 Å². The fourth-order valence-corrected chi connectivity index (χ4v) is 1.33. The third-order valence-electron chi connectivity index (χ3n) is 2.17. The van der Waals surface area contributed by atoms with Crippen LogP contribution in [-0.4, -0.2) is 26.8 Å². The maximum Gasteiger partial charge on any atom is 0.125 e. The minimum atomic E-state index is -0.221. The van der Waals surface area contributed by atoms with Crippen LogP contribution in [0, 0.1) is 17.7 Å². The van der Waals surface area contributed by atoms with Crippen LogP contribution in [-0.2, 0) is 4.74 Å². The molecule has 1 aromatic rings. The second-order valence-corrected chi connectivity index (χ2v) is 3.28. The van der Waals surface area contributed by atoms with Gasteiger partial charge in [0.25, 0.3) is 0 Å². The predicted molar refractivity (Wildman–Crippen MR) is 63.9 cm³/mol. The molecule has 0 N–H and O–H groups in total. The first-order valence-electron chi connectivity index (χ1n) is 5.23. The molecule has 0 aliphatic rings. The van der Waals surface area contributed by atoms with Gasteiger partial charge in [-0.25, -0.2) is 4.39 Å². The van der Waals surface area contributed by atoms with Crippen LogP contribution in [0.3, 0.4) is 0 Å². The summed E-state index contributed by atoms with van der Waals surface area (Å²) in [6.07, 6.45) is 0. The van der Waals surface area contributed by atoms with Crippen molar-refractivity contribution < 1.29 is 9.13 Å². The summed E-state index contributed by atoms with van der Waals surface area (Å²) in [6, 6.07) is 6.54. The van der Waals surface area contributed by atoms with E-state index in [-0.39, 0.29) is 5.82 Å². The van der Waals surface area contributed by atoms with Crippen LogP contribution >= 0.6 is 0 Å².